The highest BCUT2D eigenvalue weighted by Gasteiger charge is 2.08. The van der Waals surface area contributed by atoms with Crippen LogP contribution in [0, 0.1) is 0 Å². The number of nitrogens with zero attached hydrogens (tertiary/aromatic N) is 2. The third-order valence-corrected chi connectivity index (χ3v) is 2.69. The molecule has 15 heavy (non-hydrogen) atoms. The molecule has 5 heteroatoms. The Hall–Kier alpha value is -1.36. The third-order valence-electron chi connectivity index (χ3n) is 2.05. The number of methoxy groups -OCH3 is 1. The summed E-state index contributed by atoms with van der Waals surface area (Å²) in [4.78, 5) is 15.4. The lowest BCUT2D eigenvalue weighted by atomic mass is 10.3. The van der Waals surface area contributed by atoms with Gasteiger partial charge in [-0.3, -0.25) is 9.20 Å². The quantitative estimate of drug-likeness (QED) is 0.617. The fourth-order valence-electron chi connectivity index (χ4n) is 1.33. The molecule has 2 aromatic rings. The number of ether oxygens (including phenoxy) is 1. The first kappa shape index (κ1) is 10.2. The van der Waals surface area contributed by atoms with Crippen LogP contribution >= 0.6 is 15.9 Å². The molecule has 4 nitrogen and oxygen atoms in total. The molecular formula is C10H9BrN2O2. The van der Waals surface area contributed by atoms with Gasteiger partial charge in [-0.2, -0.15) is 0 Å². The van der Waals surface area contributed by atoms with Gasteiger partial charge >= 0.3 is 5.97 Å². The van der Waals surface area contributed by atoms with E-state index in [1.54, 1.807) is 0 Å². The van der Waals surface area contributed by atoms with Crippen molar-refractivity contribution in [2.24, 2.45) is 0 Å². The Bertz CT molecular complexity index is 507. The molecule has 0 N–H and O–H groups in total. The molecule has 2 heterocycles. The molecule has 2 rings (SSSR count). The van der Waals surface area contributed by atoms with Gasteiger partial charge in [0.05, 0.1) is 23.8 Å². The topological polar surface area (TPSA) is 43.6 Å². The average molecular weight is 269 g/mol. The summed E-state index contributed by atoms with van der Waals surface area (Å²) in [6.45, 7) is 0. The molecule has 0 aliphatic carbocycles. The van der Waals surface area contributed by atoms with Crippen LogP contribution in [-0.4, -0.2) is 22.5 Å². The van der Waals surface area contributed by atoms with E-state index in [4.69, 9.17) is 0 Å². The number of imidazole rings is 1. The molecule has 0 atom stereocenters. The Labute approximate surface area is 95.0 Å². The summed E-state index contributed by atoms with van der Waals surface area (Å²) in [5.41, 5.74) is 1.51. The minimum atomic E-state index is -0.283. The Morgan fingerprint density at radius 2 is 2.40 bits per heavy atom. The number of esters is 1. The van der Waals surface area contributed by atoms with Crippen LogP contribution in [0.2, 0.25) is 0 Å². The summed E-state index contributed by atoms with van der Waals surface area (Å²) >= 11 is 3.40. The highest BCUT2D eigenvalue weighted by Crippen LogP contribution is 2.14. The van der Waals surface area contributed by atoms with E-state index in [0.29, 0.717) is 5.69 Å². The Morgan fingerprint density at radius 1 is 1.60 bits per heavy atom. The van der Waals surface area contributed by atoms with Gasteiger partial charge in [-0.1, -0.05) is 6.07 Å². The molecule has 0 spiro atoms. The molecule has 0 bridgehead atoms. The summed E-state index contributed by atoms with van der Waals surface area (Å²) in [6, 6.07) is 5.69. The van der Waals surface area contributed by atoms with Gasteiger partial charge in [-0.15, -0.1) is 0 Å². The highest BCUT2D eigenvalue weighted by atomic mass is 79.9. The number of hydrogen-bond acceptors (Lipinski definition) is 3. The number of pyridine rings is 1. The number of rotatable bonds is 2. The number of hydrogen-bond donors (Lipinski definition) is 0. The zero-order valence-corrected chi connectivity index (χ0v) is 9.69. The van der Waals surface area contributed by atoms with E-state index >= 15 is 0 Å². The minimum absolute atomic E-state index is 0.199. The van der Waals surface area contributed by atoms with Gasteiger partial charge in [-0.05, 0) is 28.1 Å². The van der Waals surface area contributed by atoms with E-state index in [1.807, 2.05) is 28.8 Å². The molecule has 0 unspecified atom stereocenters. The van der Waals surface area contributed by atoms with E-state index in [2.05, 4.69) is 25.7 Å². The van der Waals surface area contributed by atoms with E-state index in [-0.39, 0.29) is 12.4 Å². The number of carbonyl (C=O) groups is 1. The van der Waals surface area contributed by atoms with Crippen molar-refractivity contribution < 1.29 is 9.53 Å². The van der Waals surface area contributed by atoms with Gasteiger partial charge in [0.2, 0.25) is 0 Å². The SMILES string of the molecule is COC(=O)Cc1cn2c(Br)cccc2n1. The third kappa shape index (κ3) is 2.02. The largest absolute Gasteiger partial charge is 0.469 e. The van der Waals surface area contributed by atoms with Gasteiger partial charge in [0.15, 0.2) is 0 Å². The van der Waals surface area contributed by atoms with Crippen molar-refractivity contribution in [1.29, 1.82) is 0 Å². The molecule has 2 aromatic heterocycles. The van der Waals surface area contributed by atoms with Crippen LogP contribution in [0.1, 0.15) is 5.69 Å². The molecule has 0 fully saturated rings. The van der Waals surface area contributed by atoms with Gasteiger partial charge in [-0.25, -0.2) is 4.98 Å². The summed E-state index contributed by atoms with van der Waals surface area (Å²) in [6.07, 6.45) is 2.01. The Morgan fingerprint density at radius 3 is 3.07 bits per heavy atom. The Kier molecular flexibility index (Phi) is 2.73. The summed E-state index contributed by atoms with van der Waals surface area (Å²) in [5.74, 6) is -0.283. The molecule has 78 valence electrons. The fraction of sp³-hybridized carbons (Fsp3) is 0.200. The minimum Gasteiger partial charge on any atom is -0.469 e. The second-order valence-electron chi connectivity index (χ2n) is 3.06. The number of fused-ring (bicyclic) bond motifs is 1. The van der Waals surface area contributed by atoms with Crippen LogP contribution in [0.5, 0.6) is 0 Å². The van der Waals surface area contributed by atoms with Crippen molar-refractivity contribution >= 4 is 27.5 Å². The maximum Gasteiger partial charge on any atom is 0.311 e. The predicted molar refractivity (Wildman–Crippen MR) is 58.6 cm³/mol. The standard InChI is InChI=1S/C10H9BrN2O2/c1-15-10(14)5-7-6-13-8(11)3-2-4-9(13)12-7/h2-4,6H,5H2,1H3. The van der Waals surface area contributed by atoms with Gasteiger partial charge in [0, 0.05) is 6.20 Å². The molecule has 0 amide bonds. The number of carbonyl (C=O) groups excluding carboxylic acids is 1. The fourth-order valence-corrected chi connectivity index (χ4v) is 1.77. The van der Waals surface area contributed by atoms with Crippen molar-refractivity contribution in [3.63, 3.8) is 0 Å². The molecule has 0 aliphatic heterocycles. The van der Waals surface area contributed by atoms with Crippen molar-refractivity contribution in [1.82, 2.24) is 9.38 Å². The second-order valence-corrected chi connectivity index (χ2v) is 3.87. The number of halogens is 1. The van der Waals surface area contributed by atoms with Crippen LogP contribution in [0.15, 0.2) is 29.0 Å². The van der Waals surface area contributed by atoms with Crippen LogP contribution in [0.4, 0.5) is 0 Å². The lowest BCUT2D eigenvalue weighted by molar-refractivity contribution is -0.139. The first-order chi connectivity index (χ1) is 7.20. The molecule has 0 saturated heterocycles. The van der Waals surface area contributed by atoms with Gasteiger partial charge in [0.25, 0.3) is 0 Å². The molecule has 0 aromatic carbocycles. The van der Waals surface area contributed by atoms with E-state index in [0.717, 1.165) is 10.3 Å². The van der Waals surface area contributed by atoms with E-state index in [9.17, 15) is 4.79 Å². The zero-order valence-electron chi connectivity index (χ0n) is 8.11. The molecule has 0 aliphatic rings. The van der Waals surface area contributed by atoms with Gasteiger partial charge < -0.3 is 4.74 Å². The van der Waals surface area contributed by atoms with E-state index < -0.39 is 0 Å². The molecule has 0 radical (unpaired) electrons. The second kappa shape index (κ2) is 4.02. The molecule has 0 saturated carbocycles. The van der Waals surface area contributed by atoms with Crippen molar-refractivity contribution in [3.8, 4) is 0 Å². The maximum atomic E-state index is 11.1. The predicted octanol–water partition coefficient (Wildman–Crippen LogP) is 1.81. The Balaban J connectivity index is 2.39. The smallest absolute Gasteiger partial charge is 0.311 e. The monoisotopic (exact) mass is 268 g/mol. The van der Waals surface area contributed by atoms with Crippen LogP contribution < -0.4 is 0 Å². The number of aromatic nitrogens is 2. The summed E-state index contributed by atoms with van der Waals surface area (Å²) in [5, 5.41) is 0. The van der Waals surface area contributed by atoms with Crippen LogP contribution in [0.25, 0.3) is 5.65 Å². The normalized spacial score (nSPS) is 10.5. The summed E-state index contributed by atoms with van der Waals surface area (Å²) < 4.78 is 7.36. The van der Waals surface area contributed by atoms with Crippen molar-refractivity contribution in [2.75, 3.05) is 7.11 Å². The van der Waals surface area contributed by atoms with Crippen molar-refractivity contribution in [2.45, 2.75) is 6.42 Å². The van der Waals surface area contributed by atoms with E-state index in [1.165, 1.54) is 7.11 Å². The summed E-state index contributed by atoms with van der Waals surface area (Å²) in [7, 11) is 1.37. The van der Waals surface area contributed by atoms with Crippen LogP contribution in [0.3, 0.4) is 0 Å². The lowest BCUT2D eigenvalue weighted by Crippen LogP contribution is -2.04. The maximum absolute atomic E-state index is 11.1. The van der Waals surface area contributed by atoms with Gasteiger partial charge in [0.1, 0.15) is 5.65 Å². The van der Waals surface area contributed by atoms with Crippen LogP contribution in [-0.2, 0) is 16.0 Å². The first-order valence-corrected chi connectivity index (χ1v) is 5.19. The highest BCUT2D eigenvalue weighted by molar-refractivity contribution is 9.10. The average Bonchev–Trinajstić information content (AvgIpc) is 2.62. The molecular weight excluding hydrogens is 260 g/mol. The lowest BCUT2D eigenvalue weighted by Gasteiger charge is -1.94. The zero-order chi connectivity index (χ0) is 10.8. The van der Waals surface area contributed by atoms with Crippen molar-refractivity contribution in [3.05, 3.63) is 34.7 Å². The first-order valence-electron chi connectivity index (χ1n) is 4.40.